The van der Waals surface area contributed by atoms with E-state index in [1.54, 1.807) is 20.2 Å². The van der Waals surface area contributed by atoms with Crippen molar-refractivity contribution in [3.8, 4) is 16.9 Å². The summed E-state index contributed by atoms with van der Waals surface area (Å²) in [6.45, 7) is 5.02. The zero-order valence-electron chi connectivity index (χ0n) is 25.2. The number of hydrogen-bond acceptors (Lipinski definition) is 9. The summed E-state index contributed by atoms with van der Waals surface area (Å²) in [6, 6.07) is 10.7. The molecule has 230 valence electrons. The van der Waals surface area contributed by atoms with Crippen LogP contribution in [0.2, 0.25) is 0 Å². The van der Waals surface area contributed by atoms with E-state index in [4.69, 9.17) is 5.73 Å². The molecule has 0 radical (unpaired) electrons. The second kappa shape index (κ2) is 10.6. The van der Waals surface area contributed by atoms with Crippen LogP contribution in [0.1, 0.15) is 41.8 Å². The van der Waals surface area contributed by atoms with Gasteiger partial charge in [0.1, 0.15) is 5.75 Å². The maximum absolute atomic E-state index is 14.1. The molecule has 0 spiro atoms. The molecule has 44 heavy (non-hydrogen) atoms. The quantitative estimate of drug-likeness (QED) is 0.343. The molecule has 4 N–H and O–H groups in total. The third-order valence-corrected chi connectivity index (χ3v) is 10.3. The number of hydrogen-bond donors (Lipinski definition) is 3. The third kappa shape index (κ3) is 4.30. The zero-order chi connectivity index (χ0) is 31.8. The molecule has 2 saturated carbocycles. The van der Waals surface area contributed by atoms with E-state index in [1.165, 1.54) is 11.0 Å². The Morgan fingerprint density at radius 2 is 1.73 bits per heavy atom. The van der Waals surface area contributed by atoms with Crippen molar-refractivity contribution in [2.75, 3.05) is 14.1 Å². The molecular formula is C34H37N3O7. The largest absolute Gasteiger partial charge is 0.507 e. The number of benzene rings is 2. The highest BCUT2D eigenvalue weighted by molar-refractivity contribution is 6.32. The zero-order valence-corrected chi connectivity index (χ0v) is 25.2. The number of rotatable bonds is 5. The van der Waals surface area contributed by atoms with Crippen LogP contribution >= 0.6 is 0 Å². The average molecular weight is 600 g/mol. The van der Waals surface area contributed by atoms with Crippen molar-refractivity contribution in [2.24, 2.45) is 29.4 Å². The molecule has 1 heterocycles. The van der Waals surface area contributed by atoms with Gasteiger partial charge >= 0.3 is 0 Å². The molecule has 8 atom stereocenters. The lowest BCUT2D eigenvalue weighted by Crippen LogP contribution is -2.74. The number of aromatic hydroxyl groups is 1. The number of carbonyl (C=O) groups excluding carboxylic acids is 5. The Morgan fingerprint density at radius 3 is 2.36 bits per heavy atom. The van der Waals surface area contributed by atoms with Crippen LogP contribution in [0.15, 0.2) is 48.6 Å². The summed E-state index contributed by atoms with van der Waals surface area (Å²) in [5.74, 6) is -10.5. The lowest BCUT2D eigenvalue weighted by atomic mass is 9.52. The molecule has 2 aromatic rings. The van der Waals surface area contributed by atoms with Crippen molar-refractivity contribution < 1.29 is 34.2 Å². The fraction of sp³-hybridized carbons (Fsp3) is 0.441. The summed E-state index contributed by atoms with van der Waals surface area (Å²) in [5, 5.41) is 22.7. The molecule has 0 bridgehead atoms. The highest BCUT2D eigenvalue weighted by Gasteiger charge is 2.69. The van der Waals surface area contributed by atoms with Crippen LogP contribution in [0.25, 0.3) is 11.1 Å². The van der Waals surface area contributed by atoms with Gasteiger partial charge < -0.3 is 15.9 Å². The van der Waals surface area contributed by atoms with Gasteiger partial charge in [-0.2, -0.15) is 0 Å². The van der Waals surface area contributed by atoms with Crippen LogP contribution < -0.4 is 5.73 Å². The van der Waals surface area contributed by atoms with Gasteiger partial charge in [0.05, 0.1) is 17.5 Å². The molecule has 0 saturated heterocycles. The molecular weight excluding hydrogens is 562 g/mol. The molecule has 1 amide bonds. The van der Waals surface area contributed by atoms with Gasteiger partial charge in [0.25, 0.3) is 0 Å². The minimum atomic E-state index is -2.74. The Hall–Kier alpha value is -3.99. The van der Waals surface area contributed by atoms with Crippen LogP contribution in [-0.2, 0) is 32.1 Å². The van der Waals surface area contributed by atoms with E-state index >= 15 is 0 Å². The van der Waals surface area contributed by atoms with Crippen LogP contribution in [-0.4, -0.2) is 86.9 Å². The number of amides is 1. The van der Waals surface area contributed by atoms with Gasteiger partial charge in [0, 0.05) is 24.5 Å². The van der Waals surface area contributed by atoms with Gasteiger partial charge in [-0.1, -0.05) is 36.4 Å². The van der Waals surface area contributed by atoms with Crippen molar-refractivity contribution in [3.63, 3.8) is 0 Å². The molecule has 6 rings (SSSR count). The normalized spacial score (nSPS) is 33.4. The predicted octanol–water partition coefficient (Wildman–Crippen LogP) is 1.68. The molecule has 0 aromatic heterocycles. The number of aliphatic hydroxyl groups is 1. The SMILES string of the molecule is CC1C=CC(C)N1Cc1cccc(-c2ccc(O)c3c2C[C@H]2C[C@H]4[C@H](N(C)C)C(=O)C(C(N)=O)C(=O)[C@@]4(O)C(=O)C2C3=O)c1. The van der Waals surface area contributed by atoms with Crippen LogP contribution in [0.3, 0.4) is 0 Å². The van der Waals surface area contributed by atoms with E-state index in [1.807, 2.05) is 18.2 Å². The smallest absolute Gasteiger partial charge is 0.235 e. The average Bonchev–Trinajstić information content (AvgIpc) is 3.27. The Kier molecular flexibility index (Phi) is 7.22. The third-order valence-electron chi connectivity index (χ3n) is 10.3. The number of nitrogens with zero attached hydrogens (tertiary/aromatic N) is 2. The second-order valence-electron chi connectivity index (χ2n) is 13.0. The van der Waals surface area contributed by atoms with Gasteiger partial charge in [-0.3, -0.25) is 33.8 Å². The molecule has 10 heteroatoms. The molecule has 2 aromatic carbocycles. The van der Waals surface area contributed by atoms with Crippen LogP contribution in [0.4, 0.5) is 0 Å². The Balaban J connectivity index is 1.41. The summed E-state index contributed by atoms with van der Waals surface area (Å²) >= 11 is 0. The number of primary amides is 1. The molecule has 4 unspecified atom stereocenters. The number of ketones is 4. The first kappa shape index (κ1) is 30.1. The molecule has 3 aliphatic carbocycles. The summed E-state index contributed by atoms with van der Waals surface area (Å²) in [7, 11) is 3.13. The summed E-state index contributed by atoms with van der Waals surface area (Å²) < 4.78 is 0. The topological polar surface area (TPSA) is 158 Å². The standard InChI is InChI=1S/C34H37N3O7/c1-16-8-9-17(2)37(16)15-18-6-5-7-19(12-18)21-10-11-24(38)26-22(21)13-20-14-23-28(36(3)4)30(40)27(33(35)43)32(42)34(23,44)31(41)25(20)29(26)39/h5-12,16-17,20,23,25,27-28,38,44H,13-15H2,1-4H3,(H2,35,43)/t16?,17?,20-,23-,25?,27?,28-,34-/m0/s1. The number of likely N-dealkylation sites (N-methyl/N-ethyl adjacent to an activating group) is 1. The number of carbonyl (C=O) groups is 5. The molecule has 1 aliphatic heterocycles. The number of Topliss-reactive ketones (excluding diaryl/α,β-unsaturated/α-hetero) is 4. The first-order valence-electron chi connectivity index (χ1n) is 15.0. The van der Waals surface area contributed by atoms with E-state index < -0.39 is 64.4 Å². The minimum absolute atomic E-state index is 0.00881. The van der Waals surface area contributed by atoms with Gasteiger partial charge in [-0.05, 0) is 81.1 Å². The summed E-state index contributed by atoms with van der Waals surface area (Å²) in [6.07, 6.45) is 4.59. The van der Waals surface area contributed by atoms with E-state index in [-0.39, 0.29) is 24.2 Å². The summed E-state index contributed by atoms with van der Waals surface area (Å²) in [4.78, 5) is 70.9. The van der Waals surface area contributed by atoms with Crippen LogP contribution in [0.5, 0.6) is 5.75 Å². The first-order chi connectivity index (χ1) is 20.8. The monoisotopic (exact) mass is 599 g/mol. The van der Waals surface area contributed by atoms with E-state index in [0.29, 0.717) is 17.6 Å². The van der Waals surface area contributed by atoms with E-state index in [0.717, 1.165) is 23.2 Å². The highest BCUT2D eigenvalue weighted by Crippen LogP contribution is 2.51. The number of fused-ring (bicyclic) bond motifs is 3. The lowest BCUT2D eigenvalue weighted by Gasteiger charge is -2.52. The maximum Gasteiger partial charge on any atom is 0.235 e. The number of phenols is 1. The van der Waals surface area contributed by atoms with Crippen molar-refractivity contribution >= 4 is 29.0 Å². The second-order valence-corrected chi connectivity index (χ2v) is 13.0. The van der Waals surface area contributed by atoms with E-state index in [9.17, 15) is 34.2 Å². The Bertz CT molecular complexity index is 1640. The molecule has 10 nitrogen and oxygen atoms in total. The van der Waals surface area contributed by atoms with Crippen molar-refractivity contribution in [1.29, 1.82) is 0 Å². The van der Waals surface area contributed by atoms with Gasteiger partial charge in [-0.25, -0.2) is 0 Å². The van der Waals surface area contributed by atoms with Crippen LogP contribution in [0, 0.1) is 23.7 Å². The first-order valence-corrected chi connectivity index (χ1v) is 15.0. The van der Waals surface area contributed by atoms with E-state index in [2.05, 4.69) is 37.0 Å². The van der Waals surface area contributed by atoms with Crippen molar-refractivity contribution in [3.05, 3.63) is 65.2 Å². The Morgan fingerprint density at radius 1 is 1.05 bits per heavy atom. The summed E-state index contributed by atoms with van der Waals surface area (Å²) in [5.41, 5.74) is 5.92. The van der Waals surface area contributed by atoms with Gasteiger partial charge in [-0.15, -0.1) is 0 Å². The van der Waals surface area contributed by atoms with Crippen molar-refractivity contribution in [2.45, 2.75) is 57.0 Å². The number of nitrogens with two attached hydrogens (primary N) is 1. The minimum Gasteiger partial charge on any atom is -0.507 e. The Labute approximate surface area is 255 Å². The maximum atomic E-state index is 14.1. The highest BCUT2D eigenvalue weighted by atomic mass is 16.3. The fourth-order valence-corrected chi connectivity index (χ4v) is 8.12. The van der Waals surface area contributed by atoms with Gasteiger partial charge in [0.2, 0.25) is 5.91 Å². The van der Waals surface area contributed by atoms with Crippen molar-refractivity contribution in [1.82, 2.24) is 9.80 Å². The fourth-order valence-electron chi connectivity index (χ4n) is 8.12. The molecule has 2 fully saturated rings. The number of phenolic OH excluding ortho intramolecular Hbond substituents is 1. The van der Waals surface area contributed by atoms with Gasteiger partial charge in [0.15, 0.2) is 34.7 Å². The predicted molar refractivity (Wildman–Crippen MR) is 160 cm³/mol. The lowest BCUT2D eigenvalue weighted by molar-refractivity contribution is -0.181. The molecule has 4 aliphatic rings.